The number of nitrogens with one attached hydrogen (secondary N) is 2. The molecule has 0 spiro atoms. The predicted octanol–water partition coefficient (Wildman–Crippen LogP) is 1.82. The first-order chi connectivity index (χ1) is 14.5. The van der Waals surface area contributed by atoms with Gasteiger partial charge in [-0.1, -0.05) is 48.7 Å². The van der Waals surface area contributed by atoms with Crippen LogP contribution in [0, 0.1) is 17.8 Å². The van der Waals surface area contributed by atoms with Gasteiger partial charge in [0.2, 0.25) is 0 Å². The fourth-order valence-electron chi connectivity index (χ4n) is 5.08. The van der Waals surface area contributed by atoms with E-state index in [-0.39, 0.29) is 11.6 Å². The van der Waals surface area contributed by atoms with Crippen molar-refractivity contribution in [2.75, 3.05) is 13.1 Å². The Morgan fingerprint density at radius 2 is 1.73 bits per heavy atom. The number of Topliss-reactive ketones (excluding diaryl/α,β-unsaturated/α-hetero) is 2. The zero-order valence-electron chi connectivity index (χ0n) is 16.8. The van der Waals surface area contributed by atoms with Crippen LogP contribution >= 0.6 is 24.4 Å². The Morgan fingerprint density at radius 1 is 1.03 bits per heavy atom. The zero-order chi connectivity index (χ0) is 21.3. The van der Waals surface area contributed by atoms with Gasteiger partial charge in [-0.05, 0) is 42.7 Å². The molecule has 0 bridgehead atoms. The van der Waals surface area contributed by atoms with Crippen LogP contribution in [0.2, 0.25) is 0 Å². The zero-order valence-corrected chi connectivity index (χ0v) is 18.4. The Kier molecular flexibility index (Phi) is 6.63. The third kappa shape index (κ3) is 4.21. The van der Waals surface area contributed by atoms with E-state index in [2.05, 4.69) is 34.9 Å². The number of benzene rings is 1. The van der Waals surface area contributed by atoms with E-state index in [1.165, 1.54) is 11.1 Å². The molecule has 158 valence electrons. The summed E-state index contributed by atoms with van der Waals surface area (Å²) in [5, 5.41) is 6.08. The molecule has 0 amide bonds. The maximum Gasteiger partial charge on any atom is 0.160 e. The van der Waals surface area contributed by atoms with Gasteiger partial charge in [-0.25, -0.2) is 0 Å². The Labute approximate surface area is 187 Å². The average molecular weight is 443 g/mol. The minimum absolute atomic E-state index is 0.0294. The second-order valence-electron chi connectivity index (χ2n) is 8.57. The molecule has 3 aliphatic rings. The summed E-state index contributed by atoms with van der Waals surface area (Å²) >= 11 is 10.8. The van der Waals surface area contributed by atoms with Gasteiger partial charge < -0.3 is 15.4 Å². The molecule has 30 heavy (non-hydrogen) atoms. The summed E-state index contributed by atoms with van der Waals surface area (Å²) in [6.45, 7) is 0.742. The van der Waals surface area contributed by atoms with E-state index in [9.17, 15) is 14.4 Å². The molecule has 2 N–H and O–H groups in total. The van der Waals surface area contributed by atoms with E-state index in [0.29, 0.717) is 35.2 Å². The number of ketones is 2. The van der Waals surface area contributed by atoms with Crippen LogP contribution in [0.3, 0.4) is 0 Å². The van der Waals surface area contributed by atoms with Crippen molar-refractivity contribution in [2.45, 2.75) is 44.2 Å². The SMILES string of the molecule is O=C[C@H]1NCC(=S)C1C(=O)[C@H]1NCC(=S)C1C(=O)CC[C@@H]1CCc2ccccc2C1. The molecule has 7 heteroatoms. The van der Waals surface area contributed by atoms with E-state index in [1.54, 1.807) is 0 Å². The van der Waals surface area contributed by atoms with Crippen molar-refractivity contribution in [3.63, 3.8) is 0 Å². The number of hydrogen-bond acceptors (Lipinski definition) is 7. The van der Waals surface area contributed by atoms with Crippen LogP contribution in [0.15, 0.2) is 24.3 Å². The van der Waals surface area contributed by atoms with Crippen LogP contribution in [-0.4, -0.2) is 52.8 Å². The number of rotatable bonds is 7. The monoisotopic (exact) mass is 442 g/mol. The molecule has 1 aromatic carbocycles. The van der Waals surface area contributed by atoms with Crippen molar-refractivity contribution in [1.82, 2.24) is 10.6 Å². The number of thiocarbonyl (C=S) groups is 2. The molecule has 0 radical (unpaired) electrons. The topological polar surface area (TPSA) is 75.3 Å². The normalized spacial score (nSPS) is 30.9. The van der Waals surface area contributed by atoms with Gasteiger partial charge in [0, 0.05) is 29.2 Å². The van der Waals surface area contributed by atoms with Gasteiger partial charge in [0.05, 0.1) is 23.9 Å². The van der Waals surface area contributed by atoms with E-state index in [4.69, 9.17) is 24.4 Å². The molecule has 5 nitrogen and oxygen atoms in total. The minimum atomic E-state index is -0.678. The molecule has 2 aliphatic heterocycles. The number of aldehydes is 1. The molecule has 5 atom stereocenters. The van der Waals surface area contributed by atoms with Crippen molar-refractivity contribution in [3.8, 4) is 0 Å². The van der Waals surface area contributed by atoms with E-state index < -0.39 is 23.9 Å². The molecular weight excluding hydrogens is 416 g/mol. The van der Waals surface area contributed by atoms with Gasteiger partial charge in [-0.2, -0.15) is 0 Å². The Balaban J connectivity index is 1.40. The Bertz CT molecular complexity index is 900. The highest BCUT2D eigenvalue weighted by Crippen LogP contribution is 2.30. The van der Waals surface area contributed by atoms with E-state index >= 15 is 0 Å². The van der Waals surface area contributed by atoms with Crippen LogP contribution in [-0.2, 0) is 27.2 Å². The molecule has 2 unspecified atom stereocenters. The fraction of sp³-hybridized carbons (Fsp3) is 0.522. The lowest BCUT2D eigenvalue weighted by Gasteiger charge is -2.26. The molecule has 2 fully saturated rings. The highest BCUT2D eigenvalue weighted by Gasteiger charge is 2.47. The highest BCUT2D eigenvalue weighted by molar-refractivity contribution is 7.80. The maximum atomic E-state index is 13.2. The summed E-state index contributed by atoms with van der Waals surface area (Å²) in [7, 11) is 0. The molecule has 2 heterocycles. The second kappa shape index (κ2) is 9.22. The van der Waals surface area contributed by atoms with Crippen LogP contribution in [0.1, 0.15) is 30.4 Å². The van der Waals surface area contributed by atoms with Gasteiger partial charge in [-0.15, -0.1) is 0 Å². The number of carbonyl (C=O) groups is 3. The van der Waals surface area contributed by atoms with Crippen molar-refractivity contribution < 1.29 is 14.4 Å². The highest BCUT2D eigenvalue weighted by atomic mass is 32.1. The van der Waals surface area contributed by atoms with Gasteiger partial charge >= 0.3 is 0 Å². The molecular formula is C23H26N2O3S2. The lowest BCUT2D eigenvalue weighted by Crippen LogP contribution is -2.47. The predicted molar refractivity (Wildman–Crippen MR) is 123 cm³/mol. The van der Waals surface area contributed by atoms with E-state index in [1.807, 2.05) is 0 Å². The third-order valence-electron chi connectivity index (χ3n) is 6.75. The van der Waals surface area contributed by atoms with Crippen molar-refractivity contribution in [1.29, 1.82) is 0 Å². The fourth-order valence-corrected chi connectivity index (χ4v) is 5.78. The smallest absolute Gasteiger partial charge is 0.160 e. The molecule has 0 saturated carbocycles. The van der Waals surface area contributed by atoms with Crippen LogP contribution < -0.4 is 10.6 Å². The Morgan fingerprint density at radius 3 is 2.50 bits per heavy atom. The lowest BCUT2D eigenvalue weighted by atomic mass is 9.79. The Hall–Kier alpha value is -1.67. The lowest BCUT2D eigenvalue weighted by molar-refractivity contribution is -0.129. The number of aryl methyl sites for hydroxylation is 1. The van der Waals surface area contributed by atoms with Crippen LogP contribution in [0.25, 0.3) is 0 Å². The van der Waals surface area contributed by atoms with Gasteiger partial charge in [0.15, 0.2) is 5.78 Å². The second-order valence-corrected chi connectivity index (χ2v) is 9.62. The van der Waals surface area contributed by atoms with Crippen molar-refractivity contribution in [3.05, 3.63) is 35.4 Å². The molecule has 1 aliphatic carbocycles. The van der Waals surface area contributed by atoms with Crippen molar-refractivity contribution in [2.24, 2.45) is 17.8 Å². The third-order valence-corrected chi connectivity index (χ3v) is 7.55. The van der Waals surface area contributed by atoms with Crippen LogP contribution in [0.4, 0.5) is 0 Å². The number of carbonyl (C=O) groups excluding carboxylic acids is 3. The number of hydrogen-bond donors (Lipinski definition) is 2. The van der Waals surface area contributed by atoms with Gasteiger partial charge in [-0.3, -0.25) is 9.59 Å². The minimum Gasteiger partial charge on any atom is -0.302 e. The average Bonchev–Trinajstić information content (AvgIpc) is 3.33. The molecule has 2 saturated heterocycles. The molecule has 0 aromatic heterocycles. The first-order valence-corrected chi connectivity index (χ1v) is 11.4. The number of fused-ring (bicyclic) bond motifs is 1. The standard InChI is InChI=1S/C23H26N2O3S2/c26-12-16-20(18(29)10-24-16)23(28)22-21(19(30)11-25-22)17(27)8-6-13-5-7-14-3-1-2-4-15(14)9-13/h1-4,12-13,16,20-22,24-25H,5-11H2/t13-,16+,20?,21?,22-/m0/s1. The largest absolute Gasteiger partial charge is 0.302 e. The van der Waals surface area contributed by atoms with E-state index in [0.717, 1.165) is 32.0 Å². The summed E-state index contributed by atoms with van der Waals surface area (Å²) in [6.07, 6.45) is 5.11. The van der Waals surface area contributed by atoms with Gasteiger partial charge in [0.25, 0.3) is 0 Å². The van der Waals surface area contributed by atoms with Gasteiger partial charge in [0.1, 0.15) is 12.1 Å². The first-order valence-electron chi connectivity index (χ1n) is 10.6. The maximum absolute atomic E-state index is 13.2. The summed E-state index contributed by atoms with van der Waals surface area (Å²) in [4.78, 5) is 38.7. The summed E-state index contributed by atoms with van der Waals surface area (Å²) < 4.78 is 0. The molecule has 4 rings (SSSR count). The van der Waals surface area contributed by atoms with Crippen molar-refractivity contribution >= 4 is 52.0 Å². The summed E-state index contributed by atoms with van der Waals surface area (Å²) in [6, 6.07) is 7.22. The first kappa shape index (κ1) is 21.6. The molecule has 1 aromatic rings. The summed E-state index contributed by atoms with van der Waals surface area (Å²) in [5.41, 5.74) is 2.80. The van der Waals surface area contributed by atoms with Crippen LogP contribution in [0.5, 0.6) is 0 Å². The quantitative estimate of drug-likeness (QED) is 0.493. The summed E-state index contributed by atoms with van der Waals surface area (Å²) in [5.74, 6) is -0.944.